The van der Waals surface area contributed by atoms with Gasteiger partial charge < -0.3 is 0 Å². The summed E-state index contributed by atoms with van der Waals surface area (Å²) in [6.45, 7) is 0.0333. The first-order chi connectivity index (χ1) is 19.0. The van der Waals surface area contributed by atoms with E-state index in [-0.39, 0.29) is 12.5 Å². The van der Waals surface area contributed by atoms with Crippen molar-refractivity contribution in [1.29, 1.82) is 0 Å². The molecule has 1 aromatic heterocycles. The number of aromatic nitrogens is 2. The fourth-order valence-electron chi connectivity index (χ4n) is 3.97. The number of hydrogen-bond acceptors (Lipinski definition) is 5. The van der Waals surface area contributed by atoms with Crippen LogP contribution in [0.5, 0.6) is 0 Å². The number of para-hydroxylation sites is 1. The molecule has 0 saturated heterocycles. The highest BCUT2D eigenvalue weighted by Gasteiger charge is 2.25. The lowest BCUT2D eigenvalue weighted by Crippen LogP contribution is -2.45. The van der Waals surface area contributed by atoms with Crippen molar-refractivity contribution < 1.29 is 13.2 Å². The molecule has 0 radical (unpaired) electrons. The summed E-state index contributed by atoms with van der Waals surface area (Å²) < 4.78 is 30.1. The first-order valence-corrected chi connectivity index (χ1v) is 13.6. The van der Waals surface area contributed by atoms with Gasteiger partial charge in [-0.15, -0.1) is 0 Å². The number of anilines is 2. The third-order valence-corrected chi connectivity index (χ3v) is 7.18. The van der Waals surface area contributed by atoms with E-state index < -0.39 is 16.2 Å². The minimum atomic E-state index is -4.30. The van der Waals surface area contributed by atoms with E-state index in [9.17, 15) is 13.2 Å². The van der Waals surface area contributed by atoms with Crippen LogP contribution >= 0.6 is 0 Å². The molecule has 9 heteroatoms. The maximum Gasteiger partial charge on any atom is 0.336 e. The zero-order valence-corrected chi connectivity index (χ0v) is 21.6. The number of amides is 2. The van der Waals surface area contributed by atoms with Gasteiger partial charge >= 0.3 is 16.2 Å². The Morgan fingerprint density at radius 2 is 1.13 bits per heavy atom. The molecule has 2 amide bonds. The van der Waals surface area contributed by atoms with Crippen LogP contribution in [-0.4, -0.2) is 24.4 Å². The molecular weight excluding hydrogens is 510 g/mol. The van der Waals surface area contributed by atoms with Crippen LogP contribution in [0, 0.1) is 0 Å². The van der Waals surface area contributed by atoms with Gasteiger partial charge in [0.05, 0.1) is 23.6 Å². The fraction of sp³-hybridized carbons (Fsp3) is 0.0333. The Labute approximate surface area is 227 Å². The lowest BCUT2D eigenvalue weighted by molar-refractivity contribution is 0.256. The van der Waals surface area contributed by atoms with Crippen molar-refractivity contribution in [2.45, 2.75) is 6.54 Å². The van der Waals surface area contributed by atoms with Crippen molar-refractivity contribution in [2.24, 2.45) is 0 Å². The molecule has 0 saturated carbocycles. The smallest absolute Gasteiger partial charge is 0.275 e. The summed E-state index contributed by atoms with van der Waals surface area (Å²) in [4.78, 5) is 22.0. The van der Waals surface area contributed by atoms with Crippen molar-refractivity contribution in [3.8, 4) is 22.5 Å². The van der Waals surface area contributed by atoms with Gasteiger partial charge in [-0.25, -0.2) is 23.8 Å². The SMILES string of the molecule is O=C(Nc1nc(-c2ccccc2)cc(-c2ccccc2)n1)NS(=O)(=O)N(Cc1ccccc1)c1ccccc1. The molecule has 5 aromatic rings. The van der Waals surface area contributed by atoms with E-state index in [1.54, 1.807) is 30.3 Å². The largest absolute Gasteiger partial charge is 0.336 e. The molecule has 0 unspecified atom stereocenters. The van der Waals surface area contributed by atoms with E-state index in [4.69, 9.17) is 0 Å². The normalized spacial score (nSPS) is 11.0. The maximum atomic E-state index is 13.4. The quantitative estimate of drug-likeness (QED) is 0.258. The van der Waals surface area contributed by atoms with Crippen molar-refractivity contribution >= 4 is 27.9 Å². The molecule has 4 aromatic carbocycles. The Kier molecular flexibility index (Phi) is 7.60. The molecule has 194 valence electrons. The highest BCUT2D eigenvalue weighted by molar-refractivity contribution is 7.91. The van der Waals surface area contributed by atoms with Gasteiger partial charge in [0.15, 0.2) is 0 Å². The van der Waals surface area contributed by atoms with Crippen molar-refractivity contribution in [3.05, 3.63) is 133 Å². The molecule has 0 bridgehead atoms. The Balaban J connectivity index is 1.43. The van der Waals surface area contributed by atoms with E-state index in [0.29, 0.717) is 17.1 Å². The summed E-state index contributed by atoms with van der Waals surface area (Å²) in [7, 11) is -4.30. The molecule has 0 atom stereocenters. The van der Waals surface area contributed by atoms with Gasteiger partial charge in [0, 0.05) is 11.1 Å². The Morgan fingerprint density at radius 1 is 0.667 bits per heavy atom. The van der Waals surface area contributed by atoms with Crippen LogP contribution in [0.15, 0.2) is 127 Å². The number of nitrogens with one attached hydrogen (secondary N) is 2. The maximum absolute atomic E-state index is 13.4. The summed E-state index contributed by atoms with van der Waals surface area (Å²) in [5, 5.41) is 2.51. The number of rotatable bonds is 8. The second-order valence-electron chi connectivity index (χ2n) is 8.58. The molecule has 5 rings (SSSR count). The van der Waals surface area contributed by atoms with E-state index in [1.165, 1.54) is 0 Å². The van der Waals surface area contributed by atoms with Crippen LogP contribution in [0.4, 0.5) is 16.4 Å². The van der Waals surface area contributed by atoms with Crippen molar-refractivity contribution in [3.63, 3.8) is 0 Å². The number of benzene rings is 4. The minimum absolute atomic E-state index is 0.0303. The van der Waals surface area contributed by atoms with E-state index in [0.717, 1.165) is 21.0 Å². The predicted molar refractivity (Wildman–Crippen MR) is 153 cm³/mol. The molecule has 1 heterocycles. The predicted octanol–water partition coefficient (Wildman–Crippen LogP) is 5.88. The van der Waals surface area contributed by atoms with Crippen molar-refractivity contribution in [2.75, 3.05) is 9.62 Å². The monoisotopic (exact) mass is 535 g/mol. The number of carbonyl (C=O) groups excluding carboxylic acids is 1. The molecule has 0 aliphatic rings. The highest BCUT2D eigenvalue weighted by Crippen LogP contribution is 2.25. The van der Waals surface area contributed by atoms with Crippen LogP contribution < -0.4 is 14.3 Å². The van der Waals surface area contributed by atoms with E-state index >= 15 is 0 Å². The average Bonchev–Trinajstić information content (AvgIpc) is 2.97. The molecule has 0 fully saturated rings. The standard InChI is InChI=1S/C30H25N5O3S/c36-30(34-39(37,38)35(26-19-11-4-12-20-26)22-23-13-5-1-6-14-23)33-29-31-27(24-15-7-2-8-16-24)21-28(32-29)25-17-9-3-10-18-25/h1-21H,22H2,(H2,31,32,33,34,36). The second-order valence-corrected chi connectivity index (χ2v) is 10.2. The summed E-state index contributed by atoms with van der Waals surface area (Å²) >= 11 is 0. The van der Waals surface area contributed by atoms with Crippen LogP contribution in [0.3, 0.4) is 0 Å². The number of hydrogen-bond donors (Lipinski definition) is 2. The number of urea groups is 1. The molecule has 0 spiro atoms. The zero-order chi connectivity index (χ0) is 27.1. The van der Waals surface area contributed by atoms with Gasteiger partial charge in [0.1, 0.15) is 0 Å². The molecule has 0 aliphatic carbocycles. The van der Waals surface area contributed by atoms with Crippen molar-refractivity contribution in [1.82, 2.24) is 14.7 Å². The second kappa shape index (κ2) is 11.6. The lowest BCUT2D eigenvalue weighted by atomic mass is 10.1. The Morgan fingerprint density at radius 3 is 1.64 bits per heavy atom. The third kappa shape index (κ3) is 6.46. The van der Waals surface area contributed by atoms with Gasteiger partial charge in [-0.1, -0.05) is 109 Å². The van der Waals surface area contributed by atoms with Gasteiger partial charge in [-0.05, 0) is 23.8 Å². The Bertz CT molecular complexity index is 1590. The Hall–Kier alpha value is -5.02. The first kappa shape index (κ1) is 25.6. The topological polar surface area (TPSA) is 104 Å². The molecule has 8 nitrogen and oxygen atoms in total. The average molecular weight is 536 g/mol. The number of carbonyl (C=O) groups is 1. The molecule has 39 heavy (non-hydrogen) atoms. The zero-order valence-electron chi connectivity index (χ0n) is 20.8. The minimum Gasteiger partial charge on any atom is -0.275 e. The van der Waals surface area contributed by atoms with Crippen LogP contribution in [0.1, 0.15) is 5.56 Å². The summed E-state index contributed by atoms with van der Waals surface area (Å²) in [5.41, 5.74) is 3.99. The third-order valence-electron chi connectivity index (χ3n) is 5.82. The number of nitrogens with zero attached hydrogens (tertiary/aromatic N) is 3. The molecule has 2 N–H and O–H groups in total. The van der Waals surface area contributed by atoms with Gasteiger partial charge in [0.2, 0.25) is 5.95 Å². The van der Waals surface area contributed by atoms with E-state index in [1.807, 2.05) is 97.1 Å². The van der Waals surface area contributed by atoms with Crippen LogP contribution in [0.2, 0.25) is 0 Å². The summed E-state index contributed by atoms with van der Waals surface area (Å²) in [6, 6.07) is 37.5. The molecule has 0 aliphatic heterocycles. The van der Waals surface area contributed by atoms with Crippen LogP contribution in [-0.2, 0) is 16.8 Å². The summed E-state index contributed by atoms with van der Waals surface area (Å²) in [5.74, 6) is -0.0303. The fourth-order valence-corrected chi connectivity index (χ4v) is 5.09. The summed E-state index contributed by atoms with van der Waals surface area (Å²) in [6.07, 6.45) is 0. The first-order valence-electron chi connectivity index (χ1n) is 12.2. The lowest BCUT2D eigenvalue weighted by Gasteiger charge is -2.24. The van der Waals surface area contributed by atoms with Crippen LogP contribution in [0.25, 0.3) is 22.5 Å². The highest BCUT2D eigenvalue weighted by atomic mass is 32.2. The van der Waals surface area contributed by atoms with Gasteiger partial charge in [-0.3, -0.25) is 5.32 Å². The molecular formula is C30H25N5O3S. The van der Waals surface area contributed by atoms with E-state index in [2.05, 4.69) is 20.0 Å². The van der Waals surface area contributed by atoms with Gasteiger partial charge in [-0.2, -0.15) is 8.42 Å². The van der Waals surface area contributed by atoms with Gasteiger partial charge in [0.25, 0.3) is 0 Å².